The van der Waals surface area contributed by atoms with Gasteiger partial charge in [-0.25, -0.2) is 0 Å². The first-order valence-corrected chi connectivity index (χ1v) is 7.83. The van der Waals surface area contributed by atoms with Crippen molar-refractivity contribution in [2.24, 2.45) is 0 Å². The largest absolute Gasteiger partial charge is 0.385 e. The molecule has 0 saturated heterocycles. The van der Waals surface area contributed by atoms with Gasteiger partial charge in [-0.2, -0.15) is 0 Å². The number of aromatic nitrogens is 1. The van der Waals surface area contributed by atoms with Crippen LogP contribution in [0.1, 0.15) is 30.2 Å². The minimum Gasteiger partial charge on any atom is -0.385 e. The molecule has 3 nitrogen and oxygen atoms in total. The van der Waals surface area contributed by atoms with Crippen LogP contribution in [0.5, 0.6) is 0 Å². The molecule has 3 rings (SSSR count). The number of hydrogen-bond acceptors (Lipinski definition) is 3. The zero-order valence-corrected chi connectivity index (χ0v) is 12.7. The fraction of sp³-hybridized carbons (Fsp3) is 0.389. The Labute approximate surface area is 127 Å². The molecule has 1 aromatic heterocycles. The molecule has 21 heavy (non-hydrogen) atoms. The van der Waals surface area contributed by atoms with Crippen LogP contribution >= 0.6 is 0 Å². The van der Waals surface area contributed by atoms with Crippen molar-refractivity contribution in [3.63, 3.8) is 0 Å². The van der Waals surface area contributed by atoms with Crippen molar-refractivity contribution in [2.75, 3.05) is 18.4 Å². The summed E-state index contributed by atoms with van der Waals surface area (Å²) >= 11 is 0. The maximum atomic E-state index is 4.44. The second kappa shape index (κ2) is 6.72. The van der Waals surface area contributed by atoms with Gasteiger partial charge in [-0.05, 0) is 48.7 Å². The lowest BCUT2D eigenvalue weighted by Gasteiger charge is -2.25. The van der Waals surface area contributed by atoms with E-state index in [9.17, 15) is 0 Å². The second-order valence-electron chi connectivity index (χ2n) is 5.60. The molecule has 0 atom stereocenters. The van der Waals surface area contributed by atoms with Gasteiger partial charge >= 0.3 is 0 Å². The average Bonchev–Trinajstić information content (AvgIpc) is 2.55. The minimum absolute atomic E-state index is 0.911. The first-order valence-electron chi connectivity index (χ1n) is 7.83. The van der Waals surface area contributed by atoms with Crippen molar-refractivity contribution < 1.29 is 0 Å². The lowest BCUT2D eigenvalue weighted by atomic mass is 9.97. The number of nitrogens with zero attached hydrogens (tertiary/aromatic N) is 2. The quantitative estimate of drug-likeness (QED) is 0.909. The van der Waals surface area contributed by atoms with Crippen LogP contribution in [0.15, 0.2) is 42.6 Å². The van der Waals surface area contributed by atoms with E-state index in [-0.39, 0.29) is 0 Å². The lowest BCUT2D eigenvalue weighted by Crippen LogP contribution is -2.24. The summed E-state index contributed by atoms with van der Waals surface area (Å²) in [5, 5.41) is 3.51. The van der Waals surface area contributed by atoms with Gasteiger partial charge < -0.3 is 5.32 Å². The maximum absolute atomic E-state index is 4.44. The number of nitrogens with one attached hydrogen (secondary N) is 1. The molecule has 0 fully saturated rings. The molecule has 2 aromatic rings. The number of benzene rings is 1. The molecule has 2 heterocycles. The summed E-state index contributed by atoms with van der Waals surface area (Å²) < 4.78 is 0. The molecule has 0 saturated carbocycles. The fourth-order valence-corrected chi connectivity index (χ4v) is 2.97. The molecule has 0 bridgehead atoms. The smallest absolute Gasteiger partial charge is 0.0544 e. The molecular formula is C18H23N3. The average molecular weight is 281 g/mol. The van der Waals surface area contributed by atoms with E-state index >= 15 is 0 Å². The van der Waals surface area contributed by atoms with Crippen molar-refractivity contribution >= 4 is 5.69 Å². The minimum atomic E-state index is 0.911. The molecule has 3 heteroatoms. The van der Waals surface area contributed by atoms with Gasteiger partial charge in [0.2, 0.25) is 0 Å². The Morgan fingerprint density at radius 1 is 1.14 bits per heavy atom. The zero-order chi connectivity index (χ0) is 14.5. The van der Waals surface area contributed by atoms with Crippen LogP contribution in [0, 0.1) is 0 Å². The van der Waals surface area contributed by atoms with E-state index in [1.165, 1.54) is 29.7 Å². The Hall–Kier alpha value is -1.87. The van der Waals surface area contributed by atoms with E-state index in [0.29, 0.717) is 0 Å². The zero-order valence-electron chi connectivity index (χ0n) is 12.7. The molecule has 0 unspecified atom stereocenters. The van der Waals surface area contributed by atoms with Crippen LogP contribution in [0.2, 0.25) is 0 Å². The van der Waals surface area contributed by atoms with E-state index in [2.05, 4.69) is 52.5 Å². The van der Waals surface area contributed by atoms with Gasteiger partial charge in [0.1, 0.15) is 0 Å². The summed E-state index contributed by atoms with van der Waals surface area (Å²) in [5.74, 6) is 0. The maximum Gasteiger partial charge on any atom is 0.0544 e. The summed E-state index contributed by atoms with van der Waals surface area (Å²) in [6.07, 6.45) is 4.30. The van der Waals surface area contributed by atoms with E-state index < -0.39 is 0 Å². The molecule has 1 aliphatic rings. The highest BCUT2D eigenvalue weighted by atomic mass is 15.1. The van der Waals surface area contributed by atoms with Gasteiger partial charge in [0.05, 0.1) is 5.69 Å². The van der Waals surface area contributed by atoms with Gasteiger partial charge in [0, 0.05) is 31.5 Å². The van der Waals surface area contributed by atoms with Crippen LogP contribution in [0.3, 0.4) is 0 Å². The van der Waals surface area contributed by atoms with Gasteiger partial charge in [-0.1, -0.05) is 25.1 Å². The Balaban J connectivity index is 1.75. The summed E-state index contributed by atoms with van der Waals surface area (Å²) in [7, 11) is 0. The highest BCUT2D eigenvalue weighted by molar-refractivity contribution is 5.56. The fourth-order valence-electron chi connectivity index (χ4n) is 2.97. The van der Waals surface area contributed by atoms with Crippen molar-refractivity contribution in [3.05, 3.63) is 59.4 Å². The highest BCUT2D eigenvalue weighted by Gasteiger charge is 2.14. The van der Waals surface area contributed by atoms with E-state index in [1.807, 2.05) is 12.3 Å². The normalized spacial score (nSPS) is 13.8. The van der Waals surface area contributed by atoms with Gasteiger partial charge in [0.15, 0.2) is 0 Å². The van der Waals surface area contributed by atoms with Gasteiger partial charge in [-0.3, -0.25) is 9.88 Å². The third-order valence-electron chi connectivity index (χ3n) is 4.14. The van der Waals surface area contributed by atoms with Gasteiger partial charge in [-0.15, -0.1) is 0 Å². The monoisotopic (exact) mass is 281 g/mol. The predicted molar refractivity (Wildman–Crippen MR) is 87.3 cm³/mol. The molecule has 110 valence electrons. The Kier molecular flexibility index (Phi) is 4.51. The molecule has 0 spiro atoms. The summed E-state index contributed by atoms with van der Waals surface area (Å²) in [6.45, 7) is 6.26. The third kappa shape index (κ3) is 3.42. The van der Waals surface area contributed by atoms with Crippen molar-refractivity contribution in [2.45, 2.75) is 32.9 Å². The first kappa shape index (κ1) is 14.1. The van der Waals surface area contributed by atoms with Crippen molar-refractivity contribution in [1.82, 2.24) is 9.88 Å². The molecule has 0 radical (unpaired) electrons. The van der Waals surface area contributed by atoms with E-state index in [0.717, 1.165) is 31.9 Å². The second-order valence-corrected chi connectivity index (χ2v) is 5.60. The summed E-state index contributed by atoms with van der Waals surface area (Å²) in [5.41, 5.74) is 5.43. The number of fused-ring (bicyclic) bond motifs is 1. The lowest BCUT2D eigenvalue weighted by molar-refractivity contribution is 0.267. The van der Waals surface area contributed by atoms with E-state index in [1.54, 1.807) is 0 Å². The Morgan fingerprint density at radius 3 is 2.90 bits per heavy atom. The van der Waals surface area contributed by atoms with E-state index in [4.69, 9.17) is 0 Å². The number of pyridine rings is 1. The summed E-state index contributed by atoms with van der Waals surface area (Å²) in [6, 6.07) is 12.8. The van der Waals surface area contributed by atoms with Crippen molar-refractivity contribution in [1.29, 1.82) is 0 Å². The molecule has 1 aromatic carbocycles. The van der Waals surface area contributed by atoms with Crippen molar-refractivity contribution in [3.8, 4) is 0 Å². The Bertz CT molecular complexity index is 580. The molecule has 0 amide bonds. The van der Waals surface area contributed by atoms with Crippen LogP contribution in [-0.2, 0) is 19.5 Å². The topological polar surface area (TPSA) is 28.2 Å². The third-order valence-corrected chi connectivity index (χ3v) is 4.14. The SMILES string of the molecule is CCN(Cc1ccccn1)Cc1cccc2c1CCCN2. The van der Waals surface area contributed by atoms with Gasteiger partial charge in [0.25, 0.3) is 0 Å². The predicted octanol–water partition coefficient (Wildman–Crippen LogP) is 3.46. The molecule has 1 N–H and O–H groups in total. The summed E-state index contributed by atoms with van der Waals surface area (Å²) in [4.78, 5) is 6.89. The van der Waals surface area contributed by atoms with Crippen LogP contribution < -0.4 is 5.32 Å². The number of rotatable bonds is 5. The highest BCUT2D eigenvalue weighted by Crippen LogP contribution is 2.26. The van der Waals surface area contributed by atoms with Crippen LogP contribution in [-0.4, -0.2) is 23.0 Å². The molecule has 0 aliphatic carbocycles. The van der Waals surface area contributed by atoms with Crippen LogP contribution in [0.4, 0.5) is 5.69 Å². The van der Waals surface area contributed by atoms with Crippen LogP contribution in [0.25, 0.3) is 0 Å². The molecular weight excluding hydrogens is 258 g/mol. The number of hydrogen-bond donors (Lipinski definition) is 1. The number of anilines is 1. The first-order chi connectivity index (χ1) is 10.4. The molecule has 1 aliphatic heterocycles. The standard InChI is InChI=1S/C18H23N3/c1-2-21(14-16-8-3-4-11-19-16)13-15-7-5-10-18-17(15)9-6-12-20-18/h3-5,7-8,10-11,20H,2,6,9,12-14H2,1H3. The Morgan fingerprint density at radius 2 is 2.10 bits per heavy atom.